The second-order valence-electron chi connectivity index (χ2n) is 5.86. The highest BCUT2D eigenvalue weighted by atomic mass is 19.1. The summed E-state index contributed by atoms with van der Waals surface area (Å²) in [5, 5.41) is 0. The van der Waals surface area contributed by atoms with E-state index < -0.39 is 0 Å². The van der Waals surface area contributed by atoms with E-state index in [4.69, 9.17) is 5.73 Å². The van der Waals surface area contributed by atoms with Gasteiger partial charge >= 0.3 is 0 Å². The Morgan fingerprint density at radius 1 is 1.39 bits per heavy atom. The number of anilines is 1. The first-order valence-corrected chi connectivity index (χ1v) is 6.77. The SMILES string of the molecule is CC1(C)CCC(CCN)CN1c1ccccc1F. The van der Waals surface area contributed by atoms with Gasteiger partial charge in [-0.1, -0.05) is 12.1 Å². The first-order valence-electron chi connectivity index (χ1n) is 6.77. The van der Waals surface area contributed by atoms with E-state index in [1.807, 2.05) is 12.1 Å². The molecule has 100 valence electrons. The monoisotopic (exact) mass is 250 g/mol. The molecule has 1 heterocycles. The van der Waals surface area contributed by atoms with Crippen molar-refractivity contribution < 1.29 is 4.39 Å². The molecule has 2 rings (SSSR count). The summed E-state index contributed by atoms with van der Waals surface area (Å²) < 4.78 is 14.0. The Kier molecular flexibility index (Phi) is 3.91. The van der Waals surface area contributed by atoms with Gasteiger partial charge < -0.3 is 10.6 Å². The normalized spacial score (nSPS) is 23.1. The van der Waals surface area contributed by atoms with Crippen LogP contribution in [0.5, 0.6) is 0 Å². The minimum Gasteiger partial charge on any atom is -0.364 e. The maximum atomic E-state index is 14.0. The van der Waals surface area contributed by atoms with Crippen LogP contribution in [0, 0.1) is 11.7 Å². The highest BCUT2D eigenvalue weighted by Crippen LogP contribution is 2.36. The number of rotatable bonds is 3. The van der Waals surface area contributed by atoms with Gasteiger partial charge in [0, 0.05) is 12.1 Å². The number of hydrogen-bond acceptors (Lipinski definition) is 2. The molecule has 0 radical (unpaired) electrons. The molecule has 1 saturated heterocycles. The molecule has 2 nitrogen and oxygen atoms in total. The molecule has 0 amide bonds. The minimum atomic E-state index is -0.126. The van der Waals surface area contributed by atoms with Gasteiger partial charge in [-0.2, -0.15) is 0 Å². The average molecular weight is 250 g/mol. The van der Waals surface area contributed by atoms with E-state index in [0.717, 1.165) is 31.6 Å². The topological polar surface area (TPSA) is 29.3 Å². The van der Waals surface area contributed by atoms with E-state index in [1.165, 1.54) is 12.5 Å². The van der Waals surface area contributed by atoms with Gasteiger partial charge in [0.15, 0.2) is 0 Å². The van der Waals surface area contributed by atoms with Gasteiger partial charge in [0.05, 0.1) is 5.69 Å². The molecule has 1 unspecified atom stereocenters. The summed E-state index contributed by atoms with van der Waals surface area (Å²) in [4.78, 5) is 2.21. The zero-order chi connectivity index (χ0) is 13.2. The summed E-state index contributed by atoms with van der Waals surface area (Å²) >= 11 is 0. The van der Waals surface area contributed by atoms with Crippen LogP contribution < -0.4 is 10.6 Å². The van der Waals surface area contributed by atoms with Gasteiger partial charge in [0.25, 0.3) is 0 Å². The molecular weight excluding hydrogens is 227 g/mol. The Hall–Kier alpha value is -1.09. The molecule has 1 atom stereocenters. The number of nitrogens with zero attached hydrogens (tertiary/aromatic N) is 1. The average Bonchev–Trinajstić information content (AvgIpc) is 2.33. The molecule has 0 saturated carbocycles. The van der Waals surface area contributed by atoms with Crippen molar-refractivity contribution in [2.24, 2.45) is 11.7 Å². The van der Waals surface area contributed by atoms with Crippen LogP contribution in [-0.4, -0.2) is 18.6 Å². The Morgan fingerprint density at radius 3 is 2.78 bits per heavy atom. The Morgan fingerprint density at radius 2 is 2.11 bits per heavy atom. The smallest absolute Gasteiger partial charge is 0.146 e. The predicted octanol–water partition coefficient (Wildman–Crippen LogP) is 3.17. The van der Waals surface area contributed by atoms with Crippen LogP contribution in [-0.2, 0) is 0 Å². The molecule has 3 heteroatoms. The lowest BCUT2D eigenvalue weighted by molar-refractivity contribution is 0.280. The van der Waals surface area contributed by atoms with Gasteiger partial charge in [-0.05, 0) is 57.7 Å². The molecule has 18 heavy (non-hydrogen) atoms. The summed E-state index contributed by atoms with van der Waals surface area (Å²) in [5.74, 6) is 0.460. The van der Waals surface area contributed by atoms with Gasteiger partial charge in [-0.15, -0.1) is 0 Å². The number of benzene rings is 1. The quantitative estimate of drug-likeness (QED) is 0.892. The van der Waals surface area contributed by atoms with E-state index in [-0.39, 0.29) is 11.4 Å². The highest BCUT2D eigenvalue weighted by molar-refractivity contribution is 5.50. The van der Waals surface area contributed by atoms with Crippen LogP contribution >= 0.6 is 0 Å². The van der Waals surface area contributed by atoms with Gasteiger partial charge in [0.1, 0.15) is 5.82 Å². The summed E-state index contributed by atoms with van der Waals surface area (Å²) in [6.07, 6.45) is 3.31. The molecule has 1 aliphatic heterocycles. The van der Waals surface area contributed by atoms with Crippen molar-refractivity contribution >= 4 is 5.69 Å². The predicted molar refractivity (Wildman–Crippen MR) is 74.2 cm³/mol. The third-order valence-corrected chi connectivity index (χ3v) is 4.05. The van der Waals surface area contributed by atoms with Crippen LogP contribution in [0.15, 0.2) is 24.3 Å². The Labute approximate surface area is 109 Å². The van der Waals surface area contributed by atoms with Gasteiger partial charge in [-0.3, -0.25) is 0 Å². The number of piperidine rings is 1. The molecule has 0 aromatic heterocycles. The maximum Gasteiger partial charge on any atom is 0.146 e. The largest absolute Gasteiger partial charge is 0.364 e. The second kappa shape index (κ2) is 5.27. The van der Waals surface area contributed by atoms with Crippen LogP contribution in [0.2, 0.25) is 0 Å². The van der Waals surface area contributed by atoms with Crippen LogP contribution in [0.4, 0.5) is 10.1 Å². The molecule has 0 aliphatic carbocycles. The van der Waals surface area contributed by atoms with Gasteiger partial charge in [-0.25, -0.2) is 4.39 Å². The molecule has 0 bridgehead atoms. The van der Waals surface area contributed by atoms with Crippen molar-refractivity contribution in [3.63, 3.8) is 0 Å². The van der Waals surface area contributed by atoms with E-state index in [0.29, 0.717) is 5.92 Å². The van der Waals surface area contributed by atoms with Crippen molar-refractivity contribution in [2.45, 2.75) is 38.6 Å². The molecule has 1 aromatic rings. The van der Waals surface area contributed by atoms with Crippen molar-refractivity contribution in [2.75, 3.05) is 18.0 Å². The number of halogens is 1. The summed E-state index contributed by atoms with van der Waals surface area (Å²) in [7, 11) is 0. The lowest BCUT2D eigenvalue weighted by Gasteiger charge is -2.47. The molecule has 1 fully saturated rings. The molecular formula is C15H23FN2. The number of para-hydroxylation sites is 1. The van der Waals surface area contributed by atoms with E-state index >= 15 is 0 Å². The third-order valence-electron chi connectivity index (χ3n) is 4.05. The summed E-state index contributed by atoms with van der Waals surface area (Å²) in [5.41, 5.74) is 6.40. The Balaban J connectivity index is 2.24. The van der Waals surface area contributed by atoms with Crippen molar-refractivity contribution in [3.8, 4) is 0 Å². The molecule has 1 aromatic carbocycles. The first-order chi connectivity index (χ1) is 8.54. The second-order valence-corrected chi connectivity index (χ2v) is 5.86. The lowest BCUT2D eigenvalue weighted by Crippen LogP contribution is -2.51. The van der Waals surface area contributed by atoms with Crippen LogP contribution in [0.1, 0.15) is 33.1 Å². The van der Waals surface area contributed by atoms with Crippen molar-refractivity contribution in [1.82, 2.24) is 0 Å². The van der Waals surface area contributed by atoms with Crippen LogP contribution in [0.3, 0.4) is 0 Å². The molecule has 0 spiro atoms. The fourth-order valence-corrected chi connectivity index (χ4v) is 2.86. The molecule has 2 N–H and O–H groups in total. The van der Waals surface area contributed by atoms with E-state index in [2.05, 4.69) is 18.7 Å². The fraction of sp³-hybridized carbons (Fsp3) is 0.600. The first kappa shape index (κ1) is 13.3. The van der Waals surface area contributed by atoms with Crippen molar-refractivity contribution in [3.05, 3.63) is 30.1 Å². The maximum absolute atomic E-state index is 14.0. The fourth-order valence-electron chi connectivity index (χ4n) is 2.86. The number of hydrogen-bond donors (Lipinski definition) is 1. The highest BCUT2D eigenvalue weighted by Gasteiger charge is 2.34. The summed E-state index contributed by atoms with van der Waals surface area (Å²) in [6, 6.07) is 7.06. The zero-order valence-corrected chi connectivity index (χ0v) is 11.3. The minimum absolute atomic E-state index is 0.0211. The van der Waals surface area contributed by atoms with Crippen LogP contribution in [0.25, 0.3) is 0 Å². The standard InChI is InChI=1S/C15H23FN2/c1-15(2)9-7-12(8-10-17)11-18(15)14-6-4-3-5-13(14)16/h3-6,12H,7-11,17H2,1-2H3. The summed E-state index contributed by atoms with van der Waals surface area (Å²) in [6.45, 7) is 6.01. The van der Waals surface area contributed by atoms with Gasteiger partial charge in [0.2, 0.25) is 0 Å². The molecule has 1 aliphatic rings. The lowest BCUT2D eigenvalue weighted by atomic mass is 9.83. The van der Waals surface area contributed by atoms with Crippen molar-refractivity contribution in [1.29, 1.82) is 0 Å². The third kappa shape index (κ3) is 2.66. The Bertz CT molecular complexity index is 403. The van der Waals surface area contributed by atoms with E-state index in [9.17, 15) is 4.39 Å². The van der Waals surface area contributed by atoms with E-state index in [1.54, 1.807) is 6.07 Å². The number of nitrogens with two attached hydrogens (primary N) is 1. The zero-order valence-electron chi connectivity index (χ0n) is 11.3.